The molecule has 1 aliphatic rings. The van der Waals surface area contributed by atoms with Crippen LogP contribution in [-0.4, -0.2) is 47.6 Å². The zero-order chi connectivity index (χ0) is 15.7. The van der Waals surface area contributed by atoms with Gasteiger partial charge in [-0.1, -0.05) is 13.8 Å². The summed E-state index contributed by atoms with van der Waals surface area (Å²) in [5, 5.41) is 2.84. The Hall–Kier alpha value is -1.10. The number of methoxy groups -OCH3 is 1. The number of hydrogen-bond acceptors (Lipinski definition) is 3. The molecule has 0 aromatic carbocycles. The van der Waals surface area contributed by atoms with Crippen LogP contribution in [0.5, 0.6) is 0 Å². The maximum atomic E-state index is 12.6. The lowest BCUT2D eigenvalue weighted by Gasteiger charge is -2.46. The number of rotatable bonds is 5. The molecule has 2 amide bonds. The molecule has 1 N–H and O–H groups in total. The van der Waals surface area contributed by atoms with Crippen LogP contribution in [0.1, 0.15) is 48.0 Å². The minimum Gasteiger partial charge on any atom is -0.379 e. The molecular weight excluding hydrogens is 256 g/mol. The van der Waals surface area contributed by atoms with Gasteiger partial charge in [0.1, 0.15) is 11.6 Å². The third-order valence-electron chi connectivity index (χ3n) is 4.21. The van der Waals surface area contributed by atoms with Crippen molar-refractivity contribution in [2.24, 2.45) is 5.92 Å². The van der Waals surface area contributed by atoms with Crippen LogP contribution in [0.2, 0.25) is 0 Å². The Labute approximate surface area is 122 Å². The first-order valence-corrected chi connectivity index (χ1v) is 7.20. The number of ether oxygens (including phenoxy) is 1. The number of nitrogens with zero attached hydrogens (tertiary/aromatic N) is 1. The second-order valence-corrected chi connectivity index (χ2v) is 6.96. The van der Waals surface area contributed by atoms with Crippen molar-refractivity contribution in [2.45, 2.75) is 65.1 Å². The van der Waals surface area contributed by atoms with Gasteiger partial charge in [-0.3, -0.25) is 9.59 Å². The molecule has 0 bridgehead atoms. The van der Waals surface area contributed by atoms with Gasteiger partial charge < -0.3 is 15.0 Å². The molecule has 1 saturated heterocycles. The highest BCUT2D eigenvalue weighted by atomic mass is 16.5. The van der Waals surface area contributed by atoms with Crippen molar-refractivity contribution in [1.82, 2.24) is 10.2 Å². The van der Waals surface area contributed by atoms with E-state index in [2.05, 4.69) is 5.32 Å². The van der Waals surface area contributed by atoms with Gasteiger partial charge >= 0.3 is 0 Å². The second-order valence-electron chi connectivity index (χ2n) is 6.96. The Morgan fingerprint density at radius 3 is 2.35 bits per heavy atom. The molecule has 0 radical (unpaired) electrons. The predicted molar refractivity (Wildman–Crippen MR) is 78.3 cm³/mol. The quantitative estimate of drug-likeness (QED) is 0.833. The molecule has 116 valence electrons. The fourth-order valence-corrected chi connectivity index (χ4v) is 2.27. The van der Waals surface area contributed by atoms with Crippen LogP contribution >= 0.6 is 0 Å². The van der Waals surface area contributed by atoms with Crippen molar-refractivity contribution < 1.29 is 14.3 Å². The minimum absolute atomic E-state index is 0.00324. The number of piperazine rings is 1. The molecule has 1 fully saturated rings. The molecule has 5 heteroatoms. The first-order chi connectivity index (χ1) is 9.03. The molecular formula is C15H28N2O3. The maximum Gasteiger partial charge on any atom is 0.246 e. The van der Waals surface area contributed by atoms with Crippen LogP contribution in [0, 0.1) is 5.92 Å². The normalized spacial score (nSPS) is 23.2. The van der Waals surface area contributed by atoms with E-state index < -0.39 is 11.6 Å². The largest absolute Gasteiger partial charge is 0.379 e. The van der Waals surface area contributed by atoms with E-state index in [0.29, 0.717) is 13.0 Å². The van der Waals surface area contributed by atoms with Gasteiger partial charge in [-0.05, 0) is 40.0 Å². The average molecular weight is 284 g/mol. The summed E-state index contributed by atoms with van der Waals surface area (Å²) >= 11 is 0. The molecule has 5 nitrogen and oxygen atoms in total. The first kappa shape index (κ1) is 17.0. The number of hydrogen-bond donors (Lipinski definition) is 1. The fourth-order valence-electron chi connectivity index (χ4n) is 2.27. The Morgan fingerprint density at radius 1 is 1.35 bits per heavy atom. The lowest BCUT2D eigenvalue weighted by Crippen LogP contribution is -2.69. The van der Waals surface area contributed by atoms with Gasteiger partial charge in [-0.25, -0.2) is 0 Å². The average Bonchev–Trinajstić information content (AvgIpc) is 2.33. The van der Waals surface area contributed by atoms with Gasteiger partial charge in [0, 0.05) is 13.7 Å². The van der Waals surface area contributed by atoms with E-state index in [-0.39, 0.29) is 23.3 Å². The van der Waals surface area contributed by atoms with Crippen LogP contribution in [0.3, 0.4) is 0 Å². The highest BCUT2D eigenvalue weighted by Crippen LogP contribution is 2.26. The molecule has 1 heterocycles. The SMILES string of the molecule is COC(C)(C)CCN1C(=O)C(C(C)C)NC(=O)C1(C)C. The molecule has 1 atom stereocenters. The van der Waals surface area contributed by atoms with Crippen LogP contribution in [-0.2, 0) is 14.3 Å². The van der Waals surface area contributed by atoms with E-state index in [0.717, 1.165) is 0 Å². The van der Waals surface area contributed by atoms with Gasteiger partial charge in [0.2, 0.25) is 11.8 Å². The molecule has 0 aromatic heterocycles. The topological polar surface area (TPSA) is 58.6 Å². The van der Waals surface area contributed by atoms with Crippen molar-refractivity contribution in [2.75, 3.05) is 13.7 Å². The van der Waals surface area contributed by atoms with E-state index in [1.165, 1.54) is 0 Å². The Kier molecular flexibility index (Phi) is 4.85. The molecule has 0 spiro atoms. The predicted octanol–water partition coefficient (Wildman–Crippen LogP) is 1.56. The van der Waals surface area contributed by atoms with Crippen molar-refractivity contribution in [3.63, 3.8) is 0 Å². The monoisotopic (exact) mass is 284 g/mol. The van der Waals surface area contributed by atoms with Crippen molar-refractivity contribution in [1.29, 1.82) is 0 Å². The molecule has 1 rings (SSSR count). The lowest BCUT2D eigenvalue weighted by molar-refractivity contribution is -0.157. The summed E-state index contributed by atoms with van der Waals surface area (Å²) in [6.07, 6.45) is 0.691. The van der Waals surface area contributed by atoms with E-state index in [4.69, 9.17) is 4.74 Å². The third kappa shape index (κ3) is 3.32. The van der Waals surface area contributed by atoms with Crippen LogP contribution in [0.25, 0.3) is 0 Å². The fraction of sp³-hybridized carbons (Fsp3) is 0.867. The van der Waals surface area contributed by atoms with Crippen LogP contribution in [0.15, 0.2) is 0 Å². The van der Waals surface area contributed by atoms with E-state index in [9.17, 15) is 9.59 Å². The smallest absolute Gasteiger partial charge is 0.246 e. The summed E-state index contributed by atoms with van der Waals surface area (Å²) in [5.74, 6) is -0.0111. The summed E-state index contributed by atoms with van der Waals surface area (Å²) in [7, 11) is 1.66. The van der Waals surface area contributed by atoms with Crippen LogP contribution < -0.4 is 5.32 Å². The summed E-state index contributed by atoms with van der Waals surface area (Å²) < 4.78 is 5.39. The summed E-state index contributed by atoms with van der Waals surface area (Å²) in [6, 6.07) is -0.429. The van der Waals surface area contributed by atoms with Gasteiger partial charge in [0.25, 0.3) is 0 Å². The zero-order valence-electron chi connectivity index (χ0n) is 13.7. The van der Waals surface area contributed by atoms with Crippen LogP contribution in [0.4, 0.5) is 0 Å². The van der Waals surface area contributed by atoms with Crippen molar-refractivity contribution in [3.05, 3.63) is 0 Å². The highest BCUT2D eigenvalue weighted by molar-refractivity contribution is 5.99. The Bertz CT molecular complexity index is 389. The van der Waals surface area contributed by atoms with Crippen molar-refractivity contribution >= 4 is 11.8 Å². The molecule has 20 heavy (non-hydrogen) atoms. The number of carbonyl (C=O) groups is 2. The van der Waals surface area contributed by atoms with Gasteiger partial charge in [-0.15, -0.1) is 0 Å². The molecule has 1 aliphatic heterocycles. The lowest BCUT2D eigenvalue weighted by atomic mass is 9.90. The maximum absolute atomic E-state index is 12.6. The summed E-state index contributed by atoms with van der Waals surface area (Å²) in [4.78, 5) is 26.5. The Morgan fingerprint density at radius 2 is 1.90 bits per heavy atom. The first-order valence-electron chi connectivity index (χ1n) is 7.20. The van der Waals surface area contributed by atoms with Gasteiger partial charge in [-0.2, -0.15) is 0 Å². The number of nitrogens with one attached hydrogen (secondary N) is 1. The highest BCUT2D eigenvalue weighted by Gasteiger charge is 2.47. The molecule has 0 saturated carbocycles. The van der Waals surface area contributed by atoms with E-state index in [1.807, 2.05) is 27.7 Å². The molecule has 0 aliphatic carbocycles. The number of carbonyl (C=O) groups excluding carboxylic acids is 2. The zero-order valence-corrected chi connectivity index (χ0v) is 13.7. The number of amides is 2. The van der Waals surface area contributed by atoms with E-state index in [1.54, 1.807) is 25.9 Å². The van der Waals surface area contributed by atoms with Gasteiger partial charge in [0.05, 0.1) is 5.60 Å². The van der Waals surface area contributed by atoms with E-state index >= 15 is 0 Å². The standard InChI is InChI=1S/C15H28N2O3/c1-10(2)11-12(18)17(9-8-14(3,4)20-7)15(5,6)13(19)16-11/h10-11H,8-9H2,1-7H3,(H,16,19). The summed E-state index contributed by atoms with van der Waals surface area (Å²) in [6.45, 7) is 11.9. The van der Waals surface area contributed by atoms with Crippen molar-refractivity contribution in [3.8, 4) is 0 Å². The Balaban J connectivity index is 2.93. The third-order valence-corrected chi connectivity index (χ3v) is 4.21. The minimum atomic E-state index is -0.813. The molecule has 0 aromatic rings. The molecule has 1 unspecified atom stereocenters. The second kappa shape index (κ2) is 5.72. The van der Waals surface area contributed by atoms with Gasteiger partial charge in [0.15, 0.2) is 0 Å². The summed E-state index contributed by atoms with van der Waals surface area (Å²) in [5.41, 5.74) is -1.12.